The average molecular weight is 489 g/mol. The molecule has 2 aromatic heterocycles. The number of anilines is 2. The van der Waals surface area contributed by atoms with Crippen LogP contribution in [0.3, 0.4) is 0 Å². The molecule has 0 saturated carbocycles. The van der Waals surface area contributed by atoms with Gasteiger partial charge in [0.05, 0.1) is 34.7 Å². The van der Waals surface area contributed by atoms with Crippen LogP contribution in [-0.4, -0.2) is 35.6 Å². The molecular formula is C26H24N4O4S. The number of methoxy groups -OCH3 is 1. The van der Waals surface area contributed by atoms with Gasteiger partial charge in [-0.1, -0.05) is 18.2 Å². The number of hydrogen-bond donors (Lipinski definition) is 2. The van der Waals surface area contributed by atoms with E-state index in [4.69, 9.17) is 9.47 Å². The van der Waals surface area contributed by atoms with Gasteiger partial charge in [0.2, 0.25) is 5.95 Å². The summed E-state index contributed by atoms with van der Waals surface area (Å²) in [4.78, 5) is 34.9. The summed E-state index contributed by atoms with van der Waals surface area (Å²) in [5, 5.41) is 6.05. The molecule has 1 amide bonds. The number of nitrogens with one attached hydrogen (secondary N) is 2. The molecule has 0 saturated heterocycles. The Morgan fingerprint density at radius 1 is 1.03 bits per heavy atom. The third kappa shape index (κ3) is 6.21. The van der Waals surface area contributed by atoms with E-state index in [1.54, 1.807) is 50.6 Å². The number of ether oxygens (including phenoxy) is 2. The van der Waals surface area contributed by atoms with E-state index >= 15 is 0 Å². The second kappa shape index (κ2) is 11.3. The normalized spacial score (nSPS) is 10.5. The maximum atomic E-state index is 12.6. The molecule has 0 aliphatic rings. The molecule has 0 aliphatic carbocycles. The summed E-state index contributed by atoms with van der Waals surface area (Å²) < 4.78 is 10.3. The molecule has 178 valence electrons. The number of carbonyl (C=O) groups is 2. The van der Waals surface area contributed by atoms with Crippen LogP contribution in [-0.2, 0) is 11.3 Å². The Bertz CT molecular complexity index is 1340. The predicted molar refractivity (Wildman–Crippen MR) is 135 cm³/mol. The highest BCUT2D eigenvalue weighted by atomic mass is 32.1. The molecule has 4 aromatic rings. The second-order valence-electron chi connectivity index (χ2n) is 7.39. The van der Waals surface area contributed by atoms with E-state index < -0.39 is 0 Å². The van der Waals surface area contributed by atoms with E-state index in [1.807, 2.05) is 36.4 Å². The van der Waals surface area contributed by atoms with Gasteiger partial charge in [0.15, 0.2) is 0 Å². The molecule has 0 radical (unpaired) electrons. The molecule has 35 heavy (non-hydrogen) atoms. The van der Waals surface area contributed by atoms with Crippen LogP contribution in [0.1, 0.15) is 32.5 Å². The fourth-order valence-corrected chi connectivity index (χ4v) is 4.17. The third-order valence-electron chi connectivity index (χ3n) is 4.95. The standard InChI is InChI=1S/C26H24N4O4S/c1-3-34-25(32)18-7-5-8-19(15-18)29-26-27-13-12-21(30-26)22-10-11-23(35-22)24(31)28-16-17-6-4-9-20(14-17)33-2/h4-15H,3,16H2,1-2H3,(H,28,31)(H,27,29,30). The van der Waals surface area contributed by atoms with E-state index in [0.29, 0.717) is 40.9 Å². The number of amides is 1. The molecule has 2 heterocycles. The van der Waals surface area contributed by atoms with Crippen molar-refractivity contribution in [3.05, 3.63) is 88.9 Å². The monoisotopic (exact) mass is 488 g/mol. The zero-order valence-corrected chi connectivity index (χ0v) is 20.1. The lowest BCUT2D eigenvalue weighted by molar-refractivity contribution is 0.0526. The van der Waals surface area contributed by atoms with E-state index in [0.717, 1.165) is 16.2 Å². The first-order valence-electron chi connectivity index (χ1n) is 10.9. The lowest BCUT2D eigenvalue weighted by atomic mass is 10.2. The SMILES string of the molecule is CCOC(=O)c1cccc(Nc2nccc(-c3ccc(C(=O)NCc4cccc(OC)c4)s3)n2)c1. The Morgan fingerprint density at radius 3 is 2.71 bits per heavy atom. The van der Waals surface area contributed by atoms with E-state index in [1.165, 1.54) is 11.3 Å². The molecule has 0 bridgehead atoms. The zero-order chi connectivity index (χ0) is 24.6. The Kier molecular flexibility index (Phi) is 7.69. The molecule has 0 unspecified atom stereocenters. The van der Waals surface area contributed by atoms with Crippen molar-refractivity contribution in [1.82, 2.24) is 15.3 Å². The Hall–Kier alpha value is -4.24. The molecular weight excluding hydrogens is 464 g/mol. The van der Waals surface area contributed by atoms with Crippen LogP contribution in [0.4, 0.5) is 11.6 Å². The van der Waals surface area contributed by atoms with Gasteiger partial charge in [-0.3, -0.25) is 4.79 Å². The molecule has 9 heteroatoms. The molecule has 0 fully saturated rings. The first-order valence-corrected chi connectivity index (χ1v) is 11.8. The Balaban J connectivity index is 1.43. The number of nitrogens with zero attached hydrogens (tertiary/aromatic N) is 2. The van der Waals surface area contributed by atoms with Crippen LogP contribution >= 0.6 is 11.3 Å². The molecule has 0 spiro atoms. The highest BCUT2D eigenvalue weighted by Gasteiger charge is 2.13. The molecule has 4 rings (SSSR count). The van der Waals surface area contributed by atoms with Gasteiger partial charge in [-0.2, -0.15) is 0 Å². The van der Waals surface area contributed by atoms with Crippen LogP contribution < -0.4 is 15.4 Å². The summed E-state index contributed by atoms with van der Waals surface area (Å²) in [5.41, 5.74) is 2.74. The van der Waals surface area contributed by atoms with Crippen LogP contribution in [0, 0.1) is 0 Å². The summed E-state index contributed by atoms with van der Waals surface area (Å²) in [6.45, 7) is 2.47. The summed E-state index contributed by atoms with van der Waals surface area (Å²) in [6, 6.07) is 19.9. The van der Waals surface area contributed by atoms with Crippen molar-refractivity contribution in [2.45, 2.75) is 13.5 Å². The van der Waals surface area contributed by atoms with Crippen molar-refractivity contribution in [3.63, 3.8) is 0 Å². The smallest absolute Gasteiger partial charge is 0.338 e. The zero-order valence-electron chi connectivity index (χ0n) is 19.3. The van der Waals surface area contributed by atoms with Crippen molar-refractivity contribution in [2.75, 3.05) is 19.0 Å². The fraction of sp³-hybridized carbons (Fsp3) is 0.154. The predicted octanol–water partition coefficient (Wildman–Crippen LogP) is 5.06. The Morgan fingerprint density at radius 2 is 1.89 bits per heavy atom. The number of carbonyl (C=O) groups excluding carboxylic acids is 2. The lowest BCUT2D eigenvalue weighted by Gasteiger charge is -2.08. The van der Waals surface area contributed by atoms with Gasteiger partial charge in [0, 0.05) is 18.4 Å². The molecule has 2 N–H and O–H groups in total. The second-order valence-corrected chi connectivity index (χ2v) is 8.47. The van der Waals surface area contributed by atoms with Gasteiger partial charge in [0.1, 0.15) is 5.75 Å². The highest BCUT2D eigenvalue weighted by molar-refractivity contribution is 7.17. The van der Waals surface area contributed by atoms with Crippen LogP contribution in [0.15, 0.2) is 72.9 Å². The first-order chi connectivity index (χ1) is 17.1. The van der Waals surface area contributed by atoms with Crippen LogP contribution in [0.25, 0.3) is 10.6 Å². The number of aromatic nitrogens is 2. The maximum Gasteiger partial charge on any atom is 0.338 e. The lowest BCUT2D eigenvalue weighted by Crippen LogP contribution is -2.21. The van der Waals surface area contributed by atoms with Gasteiger partial charge in [-0.05, 0) is 61.0 Å². The van der Waals surface area contributed by atoms with E-state index in [9.17, 15) is 9.59 Å². The largest absolute Gasteiger partial charge is 0.497 e. The summed E-state index contributed by atoms with van der Waals surface area (Å²) in [5.74, 6) is 0.575. The molecule has 2 aromatic carbocycles. The molecule has 0 atom stereocenters. The van der Waals surface area contributed by atoms with Crippen molar-refractivity contribution in [3.8, 4) is 16.3 Å². The van der Waals surface area contributed by atoms with E-state index in [-0.39, 0.29) is 11.9 Å². The number of hydrogen-bond acceptors (Lipinski definition) is 8. The van der Waals surface area contributed by atoms with Crippen LogP contribution in [0.5, 0.6) is 5.75 Å². The number of esters is 1. The quantitative estimate of drug-likeness (QED) is 0.317. The summed E-state index contributed by atoms with van der Waals surface area (Å²) in [7, 11) is 1.61. The van der Waals surface area contributed by atoms with Gasteiger partial charge in [0.25, 0.3) is 5.91 Å². The van der Waals surface area contributed by atoms with Crippen LogP contribution in [0.2, 0.25) is 0 Å². The van der Waals surface area contributed by atoms with Crippen molar-refractivity contribution in [1.29, 1.82) is 0 Å². The van der Waals surface area contributed by atoms with Gasteiger partial charge in [-0.25, -0.2) is 14.8 Å². The van der Waals surface area contributed by atoms with Crippen molar-refractivity contribution >= 4 is 34.8 Å². The average Bonchev–Trinajstić information content (AvgIpc) is 3.38. The summed E-state index contributed by atoms with van der Waals surface area (Å²) in [6.07, 6.45) is 1.64. The molecule has 0 aliphatic heterocycles. The maximum absolute atomic E-state index is 12.6. The first kappa shape index (κ1) is 23.9. The van der Waals surface area contributed by atoms with Crippen molar-refractivity contribution in [2.24, 2.45) is 0 Å². The minimum atomic E-state index is -0.387. The number of thiophene rings is 1. The third-order valence-corrected chi connectivity index (χ3v) is 6.06. The van der Waals surface area contributed by atoms with Gasteiger partial charge < -0.3 is 20.1 Å². The fourth-order valence-electron chi connectivity index (χ4n) is 3.27. The minimum Gasteiger partial charge on any atom is -0.497 e. The van der Waals surface area contributed by atoms with E-state index in [2.05, 4.69) is 20.6 Å². The summed E-state index contributed by atoms with van der Waals surface area (Å²) >= 11 is 1.35. The van der Waals surface area contributed by atoms with Gasteiger partial charge >= 0.3 is 5.97 Å². The molecule has 8 nitrogen and oxygen atoms in total. The Labute approximate surface area is 207 Å². The number of rotatable bonds is 9. The topological polar surface area (TPSA) is 102 Å². The van der Waals surface area contributed by atoms with Gasteiger partial charge in [-0.15, -0.1) is 11.3 Å². The highest BCUT2D eigenvalue weighted by Crippen LogP contribution is 2.28. The van der Waals surface area contributed by atoms with Crippen molar-refractivity contribution < 1.29 is 19.1 Å². The minimum absolute atomic E-state index is 0.160. The number of benzene rings is 2.